The zero-order valence-electron chi connectivity index (χ0n) is 54.2. The number of allylic oxidation sites excluding steroid dienone is 16. The van der Waals surface area contributed by atoms with Crippen molar-refractivity contribution in [2.24, 2.45) is 0 Å². The molecular weight excluding hydrogens is 1010 g/mol. The molecule has 0 aromatic heterocycles. The van der Waals surface area contributed by atoms with Gasteiger partial charge in [-0.05, 0) is 103 Å². The van der Waals surface area contributed by atoms with E-state index in [0.717, 1.165) is 109 Å². The second-order valence-electron chi connectivity index (χ2n) is 23.4. The highest BCUT2D eigenvalue weighted by Gasteiger charge is 2.19. The third-order valence-electron chi connectivity index (χ3n) is 15.3. The van der Waals surface area contributed by atoms with Crippen molar-refractivity contribution in [3.8, 4) is 0 Å². The number of hydrogen-bond acceptors (Lipinski definition) is 6. The lowest BCUT2D eigenvalue weighted by Gasteiger charge is -2.18. The highest BCUT2D eigenvalue weighted by molar-refractivity contribution is 5.71. The molecule has 0 rings (SSSR count). The molecule has 0 aliphatic carbocycles. The molecule has 1 unspecified atom stereocenters. The Morgan fingerprint density at radius 2 is 0.476 bits per heavy atom. The number of ether oxygens (including phenoxy) is 3. The third-order valence-corrected chi connectivity index (χ3v) is 15.3. The van der Waals surface area contributed by atoms with Gasteiger partial charge >= 0.3 is 17.9 Å². The highest BCUT2D eigenvalue weighted by Crippen LogP contribution is 2.17. The molecular formula is C76H132O6. The summed E-state index contributed by atoms with van der Waals surface area (Å²) in [5.41, 5.74) is 0. The Hall–Kier alpha value is -3.67. The summed E-state index contributed by atoms with van der Waals surface area (Å²) in [6, 6.07) is 0. The molecule has 0 saturated heterocycles. The predicted octanol–water partition coefficient (Wildman–Crippen LogP) is 24.4. The van der Waals surface area contributed by atoms with Crippen LogP contribution in [0.25, 0.3) is 0 Å². The minimum atomic E-state index is -0.782. The van der Waals surface area contributed by atoms with Gasteiger partial charge in [0.15, 0.2) is 6.10 Å². The average molecular weight is 1140 g/mol. The first-order valence-corrected chi connectivity index (χ1v) is 35.2. The topological polar surface area (TPSA) is 78.9 Å². The first kappa shape index (κ1) is 78.3. The fourth-order valence-corrected chi connectivity index (χ4v) is 10.1. The molecule has 0 N–H and O–H groups in total. The van der Waals surface area contributed by atoms with E-state index in [4.69, 9.17) is 14.2 Å². The summed E-state index contributed by atoms with van der Waals surface area (Å²) >= 11 is 0. The second-order valence-corrected chi connectivity index (χ2v) is 23.4. The minimum Gasteiger partial charge on any atom is -0.462 e. The van der Waals surface area contributed by atoms with Crippen LogP contribution in [0, 0.1) is 0 Å². The third kappa shape index (κ3) is 67.1. The van der Waals surface area contributed by atoms with E-state index in [9.17, 15) is 14.4 Å². The maximum Gasteiger partial charge on any atom is 0.306 e. The molecule has 0 aliphatic heterocycles. The number of hydrogen-bond donors (Lipinski definition) is 0. The van der Waals surface area contributed by atoms with Gasteiger partial charge in [0, 0.05) is 19.3 Å². The zero-order valence-corrected chi connectivity index (χ0v) is 54.2. The van der Waals surface area contributed by atoms with Crippen molar-refractivity contribution in [2.45, 2.75) is 354 Å². The van der Waals surface area contributed by atoms with Gasteiger partial charge in [0.2, 0.25) is 0 Å². The predicted molar refractivity (Wildman–Crippen MR) is 357 cm³/mol. The summed E-state index contributed by atoms with van der Waals surface area (Å²) in [6.45, 7) is 6.56. The number of carbonyl (C=O) groups is 3. The molecule has 0 bridgehead atoms. The van der Waals surface area contributed by atoms with Crippen LogP contribution in [0.1, 0.15) is 348 Å². The van der Waals surface area contributed by atoms with Gasteiger partial charge in [0.05, 0.1) is 0 Å². The van der Waals surface area contributed by atoms with Gasteiger partial charge in [-0.2, -0.15) is 0 Å². The van der Waals surface area contributed by atoms with Crippen LogP contribution in [0.5, 0.6) is 0 Å². The van der Waals surface area contributed by atoms with Crippen LogP contribution >= 0.6 is 0 Å². The second kappa shape index (κ2) is 69.8. The summed E-state index contributed by atoms with van der Waals surface area (Å²) < 4.78 is 17.0. The van der Waals surface area contributed by atoms with E-state index < -0.39 is 6.10 Å². The van der Waals surface area contributed by atoms with Crippen molar-refractivity contribution in [3.63, 3.8) is 0 Å². The van der Waals surface area contributed by atoms with Crippen LogP contribution in [0.2, 0.25) is 0 Å². The SMILES string of the molecule is CC/C=C\C/C=C\C/C=C\C/C=C\C/C=C\C/C=C\C/C=C\CCCCCCCCCCCC(=O)OCC(COC(=O)CCCCCCCCCCCCCCCCC)OC(=O)CCCCCCCCC/C=C\CCCCCCCCC. The van der Waals surface area contributed by atoms with Crippen LogP contribution in [-0.2, 0) is 28.6 Å². The number of carbonyl (C=O) groups excluding carboxylic acids is 3. The van der Waals surface area contributed by atoms with Gasteiger partial charge in [-0.25, -0.2) is 0 Å². The van der Waals surface area contributed by atoms with E-state index in [1.807, 2.05) is 0 Å². The maximum absolute atomic E-state index is 12.9. The van der Waals surface area contributed by atoms with E-state index >= 15 is 0 Å². The van der Waals surface area contributed by atoms with Crippen molar-refractivity contribution >= 4 is 17.9 Å². The molecule has 0 spiro atoms. The molecule has 0 amide bonds. The fourth-order valence-electron chi connectivity index (χ4n) is 10.1. The van der Waals surface area contributed by atoms with E-state index in [-0.39, 0.29) is 31.1 Å². The first-order valence-electron chi connectivity index (χ1n) is 35.2. The van der Waals surface area contributed by atoms with E-state index in [2.05, 4.69) is 118 Å². The molecule has 0 radical (unpaired) electrons. The molecule has 6 nitrogen and oxygen atoms in total. The van der Waals surface area contributed by atoms with E-state index in [0.29, 0.717) is 19.3 Å². The molecule has 0 fully saturated rings. The zero-order chi connectivity index (χ0) is 59.2. The summed E-state index contributed by atoms with van der Waals surface area (Å²) in [4.78, 5) is 38.4. The number of unbranched alkanes of at least 4 members (excludes halogenated alkanes) is 37. The Morgan fingerprint density at radius 1 is 0.256 bits per heavy atom. The van der Waals surface area contributed by atoms with E-state index in [1.54, 1.807) is 0 Å². The van der Waals surface area contributed by atoms with Crippen LogP contribution < -0.4 is 0 Å². The first-order chi connectivity index (χ1) is 40.5. The molecule has 472 valence electrons. The monoisotopic (exact) mass is 1140 g/mol. The maximum atomic E-state index is 12.9. The molecule has 0 saturated carbocycles. The van der Waals surface area contributed by atoms with Crippen LogP contribution in [0.4, 0.5) is 0 Å². The standard InChI is InChI=1S/C76H132O6/c1-4-7-10-13-16-19-22-25-28-30-32-33-34-35-36-37-38-39-40-41-42-43-44-46-48-51-54-57-60-63-66-69-75(78)81-72-73(71-80-74(77)68-65-62-59-56-53-50-47-27-24-21-18-15-12-9-6-3)82-76(79)70-67-64-61-58-55-52-49-45-31-29-26-23-20-17-14-11-8-5-2/h7,10,16,19,25,28-29,31-33,35-36,38-39,41-42,73H,4-6,8-9,11-15,17-18,20-24,26-27,30,34,37,40,43-72H2,1-3H3/b10-7-,19-16-,28-25-,31-29-,33-32-,36-35-,39-38-,42-41-. The average Bonchev–Trinajstić information content (AvgIpc) is 3.47. The molecule has 6 heteroatoms. The van der Waals surface area contributed by atoms with Crippen LogP contribution in [-0.4, -0.2) is 37.2 Å². The normalized spacial score (nSPS) is 12.7. The lowest BCUT2D eigenvalue weighted by molar-refractivity contribution is -0.167. The lowest BCUT2D eigenvalue weighted by atomic mass is 10.0. The Labute approximate surface area is 508 Å². The summed E-state index contributed by atoms with van der Waals surface area (Å²) in [5.74, 6) is -0.870. The quantitative estimate of drug-likeness (QED) is 0.0261. The highest BCUT2D eigenvalue weighted by atomic mass is 16.6. The van der Waals surface area contributed by atoms with Gasteiger partial charge in [-0.15, -0.1) is 0 Å². The number of esters is 3. The number of rotatable bonds is 64. The van der Waals surface area contributed by atoms with Crippen molar-refractivity contribution in [3.05, 3.63) is 97.2 Å². The van der Waals surface area contributed by atoms with Gasteiger partial charge in [0.25, 0.3) is 0 Å². The Morgan fingerprint density at radius 3 is 0.756 bits per heavy atom. The smallest absolute Gasteiger partial charge is 0.306 e. The van der Waals surface area contributed by atoms with Gasteiger partial charge in [-0.3, -0.25) is 14.4 Å². The van der Waals surface area contributed by atoms with Crippen LogP contribution in [0.3, 0.4) is 0 Å². The minimum absolute atomic E-state index is 0.0767. The largest absolute Gasteiger partial charge is 0.462 e. The Kier molecular flexibility index (Phi) is 66.7. The molecule has 1 atom stereocenters. The fraction of sp³-hybridized carbons (Fsp3) is 0.750. The molecule has 0 heterocycles. The van der Waals surface area contributed by atoms with Gasteiger partial charge in [0.1, 0.15) is 13.2 Å². The Bertz CT molecular complexity index is 1590. The van der Waals surface area contributed by atoms with Crippen molar-refractivity contribution in [1.29, 1.82) is 0 Å². The van der Waals surface area contributed by atoms with Crippen molar-refractivity contribution < 1.29 is 28.6 Å². The van der Waals surface area contributed by atoms with Gasteiger partial charge in [-0.1, -0.05) is 323 Å². The molecule has 0 aromatic rings. The van der Waals surface area contributed by atoms with Crippen LogP contribution in [0.15, 0.2) is 97.2 Å². The molecule has 82 heavy (non-hydrogen) atoms. The summed E-state index contributed by atoms with van der Waals surface area (Å²) in [7, 11) is 0. The molecule has 0 aromatic carbocycles. The summed E-state index contributed by atoms with van der Waals surface area (Å²) in [6.07, 6.45) is 94.2. The summed E-state index contributed by atoms with van der Waals surface area (Å²) in [5, 5.41) is 0. The molecule has 0 aliphatic rings. The van der Waals surface area contributed by atoms with Gasteiger partial charge < -0.3 is 14.2 Å². The van der Waals surface area contributed by atoms with Crippen molar-refractivity contribution in [1.82, 2.24) is 0 Å². The van der Waals surface area contributed by atoms with Crippen molar-refractivity contribution in [2.75, 3.05) is 13.2 Å². The Balaban J connectivity index is 4.30. The van der Waals surface area contributed by atoms with E-state index in [1.165, 1.54) is 199 Å². The lowest BCUT2D eigenvalue weighted by Crippen LogP contribution is -2.30.